The minimum atomic E-state index is 0.270. The van der Waals surface area contributed by atoms with Gasteiger partial charge in [-0.3, -0.25) is 0 Å². The van der Waals surface area contributed by atoms with E-state index in [0.717, 1.165) is 29.6 Å². The summed E-state index contributed by atoms with van der Waals surface area (Å²) >= 11 is 0. The number of aromatic nitrogens is 3. The highest BCUT2D eigenvalue weighted by atomic mass is 16.5. The molecular weight excluding hydrogens is 262 g/mol. The zero-order chi connectivity index (χ0) is 14.2. The molecule has 1 unspecified atom stereocenters. The quantitative estimate of drug-likeness (QED) is 0.722. The van der Waals surface area contributed by atoms with Crippen molar-refractivity contribution in [2.75, 3.05) is 7.11 Å². The van der Waals surface area contributed by atoms with Crippen molar-refractivity contribution in [3.05, 3.63) is 53.6 Å². The number of benzene rings is 2. The molecular formula is C17H17N3O. The minimum Gasteiger partial charge on any atom is -0.497 e. The Balaban J connectivity index is 1.84. The highest BCUT2D eigenvalue weighted by Crippen LogP contribution is 2.35. The fourth-order valence-corrected chi connectivity index (χ4v) is 3.26. The molecule has 1 heterocycles. The Bertz CT molecular complexity index is 794. The van der Waals surface area contributed by atoms with Gasteiger partial charge in [-0.25, -0.2) is 4.68 Å². The van der Waals surface area contributed by atoms with Gasteiger partial charge in [0.1, 0.15) is 11.3 Å². The molecule has 0 bridgehead atoms. The normalized spacial score (nSPS) is 17.7. The van der Waals surface area contributed by atoms with E-state index in [9.17, 15) is 0 Å². The van der Waals surface area contributed by atoms with Gasteiger partial charge in [0.2, 0.25) is 0 Å². The minimum absolute atomic E-state index is 0.270. The predicted molar refractivity (Wildman–Crippen MR) is 81.6 cm³/mol. The van der Waals surface area contributed by atoms with Gasteiger partial charge in [0.25, 0.3) is 0 Å². The van der Waals surface area contributed by atoms with Gasteiger partial charge >= 0.3 is 0 Å². The molecule has 0 saturated heterocycles. The van der Waals surface area contributed by atoms with Crippen molar-refractivity contribution in [1.82, 2.24) is 15.0 Å². The zero-order valence-electron chi connectivity index (χ0n) is 12.0. The summed E-state index contributed by atoms with van der Waals surface area (Å²) in [6.45, 7) is 0. The molecule has 0 saturated carbocycles. The van der Waals surface area contributed by atoms with Crippen LogP contribution in [-0.2, 0) is 6.42 Å². The van der Waals surface area contributed by atoms with Crippen LogP contribution in [0.3, 0.4) is 0 Å². The van der Waals surface area contributed by atoms with Gasteiger partial charge in [-0.2, -0.15) is 0 Å². The molecule has 0 fully saturated rings. The zero-order valence-corrected chi connectivity index (χ0v) is 12.0. The number of nitrogens with zero attached hydrogens (tertiary/aromatic N) is 3. The average Bonchev–Trinajstić information content (AvgIpc) is 2.97. The smallest absolute Gasteiger partial charge is 0.119 e. The first kappa shape index (κ1) is 12.4. The molecule has 2 aromatic carbocycles. The molecule has 4 nitrogen and oxygen atoms in total. The van der Waals surface area contributed by atoms with Crippen molar-refractivity contribution in [2.24, 2.45) is 0 Å². The molecule has 0 aliphatic heterocycles. The van der Waals surface area contributed by atoms with Gasteiger partial charge in [-0.15, -0.1) is 5.10 Å². The molecule has 1 aliphatic carbocycles. The first-order chi connectivity index (χ1) is 10.4. The second-order valence-corrected chi connectivity index (χ2v) is 5.50. The van der Waals surface area contributed by atoms with Crippen LogP contribution in [0.2, 0.25) is 0 Å². The molecule has 1 atom stereocenters. The molecule has 21 heavy (non-hydrogen) atoms. The van der Waals surface area contributed by atoms with Crippen LogP contribution in [-0.4, -0.2) is 22.1 Å². The maximum Gasteiger partial charge on any atom is 0.119 e. The third-order valence-corrected chi connectivity index (χ3v) is 4.31. The van der Waals surface area contributed by atoms with Crippen molar-refractivity contribution in [2.45, 2.75) is 25.3 Å². The maximum atomic E-state index is 5.34. The fraction of sp³-hybridized carbons (Fsp3) is 0.294. The number of aryl methyl sites for hydroxylation is 1. The summed E-state index contributed by atoms with van der Waals surface area (Å²) < 4.78 is 7.41. The monoisotopic (exact) mass is 279 g/mol. The van der Waals surface area contributed by atoms with Crippen LogP contribution in [0.25, 0.3) is 11.0 Å². The van der Waals surface area contributed by atoms with Crippen LogP contribution >= 0.6 is 0 Å². The van der Waals surface area contributed by atoms with Gasteiger partial charge in [-0.05, 0) is 54.7 Å². The Morgan fingerprint density at radius 2 is 2.10 bits per heavy atom. The van der Waals surface area contributed by atoms with Crippen molar-refractivity contribution >= 4 is 11.0 Å². The maximum absolute atomic E-state index is 5.34. The summed E-state index contributed by atoms with van der Waals surface area (Å²) in [6, 6.07) is 14.8. The van der Waals surface area contributed by atoms with E-state index in [-0.39, 0.29) is 6.04 Å². The second kappa shape index (κ2) is 4.88. The lowest BCUT2D eigenvalue weighted by molar-refractivity contribution is 0.410. The molecule has 0 spiro atoms. The summed E-state index contributed by atoms with van der Waals surface area (Å²) in [4.78, 5) is 0. The number of methoxy groups -OCH3 is 1. The van der Waals surface area contributed by atoms with Crippen LogP contribution in [0, 0.1) is 0 Å². The average molecular weight is 279 g/mol. The van der Waals surface area contributed by atoms with E-state index in [1.807, 2.05) is 24.3 Å². The summed E-state index contributed by atoms with van der Waals surface area (Å²) in [7, 11) is 1.72. The molecule has 0 amide bonds. The number of fused-ring (bicyclic) bond motifs is 2. The number of rotatable bonds is 2. The van der Waals surface area contributed by atoms with Gasteiger partial charge < -0.3 is 4.74 Å². The van der Waals surface area contributed by atoms with Gasteiger partial charge in [0.05, 0.1) is 18.7 Å². The van der Waals surface area contributed by atoms with Crippen molar-refractivity contribution in [1.29, 1.82) is 0 Å². The van der Waals surface area contributed by atoms with E-state index in [4.69, 9.17) is 4.74 Å². The molecule has 0 N–H and O–H groups in total. The third-order valence-electron chi connectivity index (χ3n) is 4.31. The van der Waals surface area contributed by atoms with Crippen molar-refractivity contribution in [3.63, 3.8) is 0 Å². The molecule has 106 valence electrons. The largest absolute Gasteiger partial charge is 0.497 e. The topological polar surface area (TPSA) is 39.9 Å². The van der Waals surface area contributed by atoms with Crippen LogP contribution in [0.1, 0.15) is 30.0 Å². The highest BCUT2D eigenvalue weighted by molar-refractivity contribution is 5.74. The summed E-state index contributed by atoms with van der Waals surface area (Å²) in [6.07, 6.45) is 3.38. The first-order valence-corrected chi connectivity index (χ1v) is 7.33. The Kier molecular flexibility index (Phi) is 2.88. The Morgan fingerprint density at radius 1 is 1.19 bits per heavy atom. The molecule has 1 aromatic heterocycles. The van der Waals surface area contributed by atoms with E-state index in [1.165, 1.54) is 17.5 Å². The van der Waals surface area contributed by atoms with E-state index in [0.29, 0.717) is 0 Å². The summed E-state index contributed by atoms with van der Waals surface area (Å²) in [5.41, 5.74) is 4.77. The number of para-hydroxylation sites is 1. The fourth-order valence-electron chi connectivity index (χ4n) is 3.26. The van der Waals surface area contributed by atoms with Gasteiger partial charge in [0, 0.05) is 0 Å². The molecule has 4 heteroatoms. The molecule has 3 aromatic rings. The van der Waals surface area contributed by atoms with Crippen LogP contribution in [0.4, 0.5) is 0 Å². The van der Waals surface area contributed by atoms with E-state index < -0.39 is 0 Å². The van der Waals surface area contributed by atoms with Gasteiger partial charge in [-0.1, -0.05) is 23.4 Å². The Morgan fingerprint density at radius 3 is 3.00 bits per heavy atom. The first-order valence-electron chi connectivity index (χ1n) is 7.33. The lowest BCUT2D eigenvalue weighted by Crippen LogP contribution is -2.18. The molecule has 0 radical (unpaired) electrons. The predicted octanol–water partition coefficient (Wildman–Crippen LogP) is 3.37. The van der Waals surface area contributed by atoms with Crippen LogP contribution in [0.5, 0.6) is 5.75 Å². The van der Waals surface area contributed by atoms with Crippen LogP contribution < -0.4 is 4.74 Å². The lowest BCUT2D eigenvalue weighted by atomic mass is 9.87. The summed E-state index contributed by atoms with van der Waals surface area (Å²) in [5.74, 6) is 0.929. The Labute approximate surface area is 123 Å². The third kappa shape index (κ3) is 1.98. The SMILES string of the molecule is COc1ccc2c(c1)CCCC2n1nnc2ccccc21. The second-order valence-electron chi connectivity index (χ2n) is 5.50. The standard InChI is InChI=1S/C17H17N3O/c1-21-13-9-10-14-12(11-13)5-4-8-16(14)20-17-7-3-2-6-15(17)18-19-20/h2-3,6-7,9-11,16H,4-5,8H2,1H3. The van der Waals surface area contributed by atoms with Crippen molar-refractivity contribution in [3.8, 4) is 5.75 Å². The number of ether oxygens (including phenoxy) is 1. The molecule has 1 aliphatic rings. The van der Waals surface area contributed by atoms with E-state index in [1.54, 1.807) is 7.11 Å². The van der Waals surface area contributed by atoms with Crippen molar-refractivity contribution < 1.29 is 4.74 Å². The lowest BCUT2D eigenvalue weighted by Gasteiger charge is -2.26. The molecule has 4 rings (SSSR count). The number of hydrogen-bond acceptors (Lipinski definition) is 3. The van der Waals surface area contributed by atoms with E-state index in [2.05, 4.69) is 33.2 Å². The van der Waals surface area contributed by atoms with Crippen LogP contribution in [0.15, 0.2) is 42.5 Å². The Hall–Kier alpha value is -2.36. The highest BCUT2D eigenvalue weighted by Gasteiger charge is 2.24. The van der Waals surface area contributed by atoms with E-state index >= 15 is 0 Å². The summed E-state index contributed by atoms with van der Waals surface area (Å²) in [5, 5.41) is 8.68. The number of hydrogen-bond donors (Lipinski definition) is 0. The van der Waals surface area contributed by atoms with Gasteiger partial charge in [0.15, 0.2) is 0 Å².